The first-order valence-corrected chi connectivity index (χ1v) is 6.77. The van der Waals surface area contributed by atoms with Crippen LogP contribution in [0, 0.1) is 5.41 Å². The normalized spacial score (nSPS) is 11.3. The molecule has 1 aromatic heterocycles. The minimum absolute atomic E-state index is 0.690. The fourth-order valence-corrected chi connectivity index (χ4v) is 2.44. The molecule has 0 amide bonds. The SMILES string of the molecule is COc1ccc(CSc2cc[nH]/c(=N\C=N)c2)cc1. The van der Waals surface area contributed by atoms with E-state index < -0.39 is 0 Å². The molecule has 0 bridgehead atoms. The lowest BCUT2D eigenvalue weighted by Gasteiger charge is -2.03. The Morgan fingerprint density at radius 1 is 1.32 bits per heavy atom. The van der Waals surface area contributed by atoms with Gasteiger partial charge in [-0.3, -0.25) is 5.41 Å². The average Bonchev–Trinajstić information content (AvgIpc) is 2.46. The van der Waals surface area contributed by atoms with E-state index >= 15 is 0 Å². The zero-order valence-electron chi connectivity index (χ0n) is 10.6. The number of pyridine rings is 1. The molecule has 1 aromatic carbocycles. The van der Waals surface area contributed by atoms with Crippen LogP contribution in [-0.4, -0.2) is 18.4 Å². The van der Waals surface area contributed by atoms with Gasteiger partial charge in [-0.15, -0.1) is 11.8 Å². The molecule has 0 aliphatic carbocycles. The fourth-order valence-electron chi connectivity index (χ4n) is 1.56. The number of ether oxygens (including phenoxy) is 1. The van der Waals surface area contributed by atoms with Gasteiger partial charge in [0.25, 0.3) is 0 Å². The van der Waals surface area contributed by atoms with Gasteiger partial charge in [0.1, 0.15) is 17.6 Å². The summed E-state index contributed by atoms with van der Waals surface area (Å²) in [6.45, 7) is 0. The van der Waals surface area contributed by atoms with E-state index in [2.05, 4.69) is 22.1 Å². The minimum atomic E-state index is 0.690. The molecule has 0 radical (unpaired) electrons. The third-order valence-electron chi connectivity index (χ3n) is 2.53. The lowest BCUT2D eigenvalue weighted by molar-refractivity contribution is 0.414. The number of thioether (sulfide) groups is 1. The summed E-state index contributed by atoms with van der Waals surface area (Å²) in [6, 6.07) is 12.0. The van der Waals surface area contributed by atoms with Crippen molar-refractivity contribution in [2.45, 2.75) is 10.6 Å². The molecule has 0 spiro atoms. The maximum Gasteiger partial charge on any atom is 0.132 e. The standard InChI is InChI=1S/C14H15N3OS/c1-18-12-4-2-11(3-5-12)9-19-13-6-7-16-14(8-13)17-10-15/h2-8,10H,9H2,1H3,(H2,15,16,17). The van der Waals surface area contributed by atoms with Gasteiger partial charge in [-0.05, 0) is 29.8 Å². The Kier molecular flexibility index (Phi) is 4.80. The molecule has 98 valence electrons. The number of methoxy groups -OCH3 is 1. The molecule has 2 aromatic rings. The van der Waals surface area contributed by atoms with Crippen LogP contribution < -0.4 is 10.2 Å². The van der Waals surface area contributed by atoms with Crippen molar-refractivity contribution in [3.63, 3.8) is 0 Å². The Hall–Kier alpha value is -2.01. The summed E-state index contributed by atoms with van der Waals surface area (Å²) in [6.07, 6.45) is 2.86. The van der Waals surface area contributed by atoms with Crippen molar-refractivity contribution in [3.05, 3.63) is 53.6 Å². The van der Waals surface area contributed by atoms with Crippen molar-refractivity contribution >= 4 is 18.1 Å². The summed E-state index contributed by atoms with van der Waals surface area (Å²) in [4.78, 5) is 8.00. The Morgan fingerprint density at radius 3 is 2.79 bits per heavy atom. The highest BCUT2D eigenvalue weighted by atomic mass is 32.2. The summed E-state index contributed by atoms with van der Waals surface area (Å²) >= 11 is 1.73. The van der Waals surface area contributed by atoms with Gasteiger partial charge in [0.2, 0.25) is 0 Å². The monoisotopic (exact) mass is 273 g/mol. The third kappa shape index (κ3) is 3.99. The van der Waals surface area contributed by atoms with Crippen LogP contribution in [0.25, 0.3) is 0 Å². The van der Waals surface area contributed by atoms with Gasteiger partial charge in [0.05, 0.1) is 7.11 Å². The van der Waals surface area contributed by atoms with E-state index in [1.54, 1.807) is 18.9 Å². The largest absolute Gasteiger partial charge is 0.497 e. The molecule has 5 heteroatoms. The number of benzene rings is 1. The maximum absolute atomic E-state index is 6.96. The summed E-state index contributed by atoms with van der Waals surface area (Å²) in [7, 11) is 1.67. The highest BCUT2D eigenvalue weighted by molar-refractivity contribution is 7.98. The number of aromatic amines is 1. The molecule has 0 saturated heterocycles. The van der Waals surface area contributed by atoms with E-state index in [0.29, 0.717) is 5.49 Å². The lowest BCUT2D eigenvalue weighted by atomic mass is 10.2. The minimum Gasteiger partial charge on any atom is -0.497 e. The van der Waals surface area contributed by atoms with Gasteiger partial charge in [-0.2, -0.15) is 0 Å². The van der Waals surface area contributed by atoms with E-state index in [-0.39, 0.29) is 0 Å². The quantitative estimate of drug-likeness (QED) is 0.500. The number of nitrogens with zero attached hydrogens (tertiary/aromatic N) is 1. The predicted molar refractivity (Wildman–Crippen MR) is 77.7 cm³/mol. The third-order valence-corrected chi connectivity index (χ3v) is 3.59. The Morgan fingerprint density at radius 2 is 2.11 bits per heavy atom. The summed E-state index contributed by atoms with van der Waals surface area (Å²) < 4.78 is 5.13. The molecule has 0 fully saturated rings. The Labute approximate surface area is 116 Å². The first-order chi connectivity index (χ1) is 9.31. The van der Waals surface area contributed by atoms with Crippen molar-refractivity contribution in [2.24, 2.45) is 4.99 Å². The number of hydrogen-bond acceptors (Lipinski definition) is 3. The Bertz CT molecular complexity index is 605. The first-order valence-electron chi connectivity index (χ1n) is 5.79. The van der Waals surface area contributed by atoms with Crippen LogP contribution in [0.15, 0.2) is 52.5 Å². The van der Waals surface area contributed by atoms with Crippen LogP contribution in [0.4, 0.5) is 0 Å². The van der Waals surface area contributed by atoms with Crippen LogP contribution in [0.2, 0.25) is 0 Å². The van der Waals surface area contributed by atoms with Crippen LogP contribution in [0.5, 0.6) is 5.75 Å². The first kappa shape index (κ1) is 13.4. The second kappa shape index (κ2) is 6.80. The fraction of sp³-hybridized carbons (Fsp3) is 0.143. The second-order valence-electron chi connectivity index (χ2n) is 3.80. The van der Waals surface area contributed by atoms with Crippen LogP contribution in [0.3, 0.4) is 0 Å². The lowest BCUT2D eigenvalue weighted by Crippen LogP contribution is -2.05. The summed E-state index contributed by atoms with van der Waals surface area (Å²) in [5.41, 5.74) is 1.93. The van der Waals surface area contributed by atoms with E-state index in [1.807, 2.05) is 30.5 Å². The highest BCUT2D eigenvalue weighted by Gasteiger charge is 1.97. The van der Waals surface area contributed by atoms with E-state index in [9.17, 15) is 0 Å². The average molecular weight is 273 g/mol. The number of rotatable bonds is 5. The molecule has 4 nitrogen and oxygen atoms in total. The van der Waals surface area contributed by atoms with E-state index in [0.717, 1.165) is 22.7 Å². The Balaban J connectivity index is 2.03. The molecule has 0 aliphatic heterocycles. The van der Waals surface area contributed by atoms with Crippen LogP contribution in [-0.2, 0) is 5.75 Å². The predicted octanol–water partition coefficient (Wildman–Crippen LogP) is 2.82. The number of H-pyrrole nitrogens is 1. The molecule has 2 rings (SSSR count). The topological polar surface area (TPSA) is 61.2 Å². The molecule has 0 aliphatic rings. The zero-order chi connectivity index (χ0) is 13.5. The van der Waals surface area contributed by atoms with Crippen LogP contribution in [0.1, 0.15) is 5.56 Å². The van der Waals surface area contributed by atoms with Crippen LogP contribution >= 0.6 is 11.8 Å². The molecule has 2 N–H and O–H groups in total. The highest BCUT2D eigenvalue weighted by Crippen LogP contribution is 2.22. The summed E-state index contributed by atoms with van der Waals surface area (Å²) in [5, 5.41) is 6.96. The van der Waals surface area contributed by atoms with Crippen molar-refractivity contribution in [2.75, 3.05) is 7.11 Å². The smallest absolute Gasteiger partial charge is 0.132 e. The number of aromatic nitrogens is 1. The molecule has 1 heterocycles. The van der Waals surface area contributed by atoms with E-state index in [4.69, 9.17) is 10.1 Å². The molecule has 0 saturated carbocycles. The second-order valence-corrected chi connectivity index (χ2v) is 4.85. The van der Waals surface area contributed by atoms with Gasteiger partial charge in [0.15, 0.2) is 0 Å². The number of nitrogens with one attached hydrogen (secondary N) is 2. The van der Waals surface area contributed by atoms with Gasteiger partial charge in [0, 0.05) is 16.8 Å². The molecular weight excluding hydrogens is 258 g/mol. The van der Waals surface area contributed by atoms with Gasteiger partial charge in [-0.25, -0.2) is 4.99 Å². The molecular formula is C14H15N3OS. The zero-order valence-corrected chi connectivity index (χ0v) is 11.4. The van der Waals surface area contributed by atoms with Gasteiger partial charge in [-0.1, -0.05) is 12.1 Å². The molecule has 19 heavy (non-hydrogen) atoms. The molecule has 0 unspecified atom stereocenters. The number of hydrogen-bond donors (Lipinski definition) is 2. The van der Waals surface area contributed by atoms with Gasteiger partial charge < -0.3 is 9.72 Å². The van der Waals surface area contributed by atoms with Crippen molar-refractivity contribution in [1.29, 1.82) is 5.41 Å². The van der Waals surface area contributed by atoms with Crippen molar-refractivity contribution < 1.29 is 4.74 Å². The van der Waals surface area contributed by atoms with E-state index in [1.165, 1.54) is 5.56 Å². The summed E-state index contributed by atoms with van der Waals surface area (Å²) in [5.74, 6) is 1.76. The van der Waals surface area contributed by atoms with Crippen molar-refractivity contribution in [3.8, 4) is 5.75 Å². The van der Waals surface area contributed by atoms with Gasteiger partial charge >= 0.3 is 0 Å². The maximum atomic E-state index is 6.96. The van der Waals surface area contributed by atoms with Crippen molar-refractivity contribution in [1.82, 2.24) is 4.98 Å². The molecule has 0 atom stereocenters.